The first-order valence-electron chi connectivity index (χ1n) is 10.3. The molecule has 2 aromatic rings. The van der Waals surface area contributed by atoms with Gasteiger partial charge in [0.25, 0.3) is 0 Å². The third-order valence-corrected chi connectivity index (χ3v) is 5.46. The number of halogens is 3. The zero-order valence-electron chi connectivity index (χ0n) is 18.2. The van der Waals surface area contributed by atoms with E-state index in [4.69, 9.17) is 4.74 Å². The van der Waals surface area contributed by atoms with Crippen molar-refractivity contribution in [1.29, 1.82) is 0 Å². The summed E-state index contributed by atoms with van der Waals surface area (Å²) in [5, 5.41) is 11.3. The first kappa shape index (κ1) is 23.8. The monoisotopic (exact) mass is 452 g/mol. The fraction of sp³-hybridized carbons (Fsp3) is 0.478. The second-order valence-electron chi connectivity index (χ2n) is 8.85. The molecular formula is C23H27F3N2O4. The van der Waals surface area contributed by atoms with Crippen molar-refractivity contribution >= 4 is 6.09 Å². The van der Waals surface area contributed by atoms with Crippen LogP contribution in [-0.2, 0) is 10.2 Å². The van der Waals surface area contributed by atoms with Gasteiger partial charge in [0.1, 0.15) is 17.5 Å². The van der Waals surface area contributed by atoms with Crippen LogP contribution in [0.25, 0.3) is 0 Å². The highest BCUT2D eigenvalue weighted by Crippen LogP contribution is 2.45. The van der Waals surface area contributed by atoms with E-state index in [2.05, 4.69) is 9.72 Å². The van der Waals surface area contributed by atoms with Crippen molar-refractivity contribution < 1.29 is 32.5 Å². The van der Waals surface area contributed by atoms with Crippen molar-refractivity contribution in [1.82, 2.24) is 9.88 Å². The van der Waals surface area contributed by atoms with Gasteiger partial charge >= 0.3 is 12.5 Å². The molecule has 3 rings (SSSR count). The van der Waals surface area contributed by atoms with Crippen LogP contribution < -0.4 is 4.74 Å². The number of carbonyl (C=O) groups excluding carboxylic acids is 1. The van der Waals surface area contributed by atoms with Crippen LogP contribution in [0, 0.1) is 0 Å². The average molecular weight is 452 g/mol. The second-order valence-corrected chi connectivity index (χ2v) is 8.85. The molecule has 0 aliphatic carbocycles. The van der Waals surface area contributed by atoms with Gasteiger partial charge < -0.3 is 19.5 Å². The van der Waals surface area contributed by atoms with E-state index < -0.39 is 29.6 Å². The Labute approximate surface area is 185 Å². The van der Waals surface area contributed by atoms with Gasteiger partial charge in [-0.1, -0.05) is 18.2 Å². The predicted molar refractivity (Wildman–Crippen MR) is 111 cm³/mol. The van der Waals surface area contributed by atoms with Gasteiger partial charge in [-0.3, -0.25) is 4.98 Å². The molecule has 1 aliphatic heterocycles. The number of aliphatic hydroxyl groups is 1. The summed E-state index contributed by atoms with van der Waals surface area (Å²) >= 11 is 0. The first-order valence-corrected chi connectivity index (χ1v) is 10.3. The molecule has 2 heterocycles. The molecule has 9 heteroatoms. The average Bonchev–Trinajstić information content (AvgIpc) is 2.72. The van der Waals surface area contributed by atoms with Crippen LogP contribution in [-0.4, -0.2) is 46.1 Å². The van der Waals surface area contributed by atoms with Gasteiger partial charge in [-0.15, -0.1) is 13.2 Å². The molecule has 0 saturated carbocycles. The Kier molecular flexibility index (Phi) is 6.69. The number of likely N-dealkylation sites (tertiary alicyclic amines) is 1. The molecule has 1 saturated heterocycles. The summed E-state index contributed by atoms with van der Waals surface area (Å²) in [6.07, 6.45) is -3.91. The van der Waals surface area contributed by atoms with Crippen LogP contribution in [0.4, 0.5) is 18.0 Å². The van der Waals surface area contributed by atoms with Gasteiger partial charge in [0.15, 0.2) is 0 Å². The van der Waals surface area contributed by atoms with Crippen LogP contribution >= 0.6 is 0 Å². The van der Waals surface area contributed by atoms with Crippen molar-refractivity contribution in [2.75, 3.05) is 13.1 Å². The van der Waals surface area contributed by atoms with E-state index >= 15 is 0 Å². The number of pyridine rings is 1. The number of ether oxygens (including phenoxy) is 2. The van der Waals surface area contributed by atoms with Gasteiger partial charge in [0.05, 0.1) is 5.69 Å². The molecule has 1 aromatic heterocycles. The Balaban J connectivity index is 1.88. The summed E-state index contributed by atoms with van der Waals surface area (Å²) in [5.74, 6) is -0.338. The van der Waals surface area contributed by atoms with E-state index in [1.54, 1.807) is 50.1 Å². The van der Waals surface area contributed by atoms with E-state index in [9.17, 15) is 23.1 Å². The Morgan fingerprint density at radius 3 is 2.22 bits per heavy atom. The number of hydrogen-bond acceptors (Lipinski definition) is 5. The Morgan fingerprint density at radius 1 is 1.09 bits per heavy atom. The van der Waals surface area contributed by atoms with Gasteiger partial charge in [0, 0.05) is 24.7 Å². The standard InChI is InChI=1S/C23H27F3N2O4/c1-21(2,3)32-20(30)28-14-11-22(12-15-28,19(29)18-6-4-5-13-27-18)16-7-9-17(10-8-16)31-23(24,25)26/h4-10,13,19,29H,11-12,14-15H2,1-3H3. The van der Waals surface area contributed by atoms with Crippen molar-refractivity contribution in [3.63, 3.8) is 0 Å². The van der Waals surface area contributed by atoms with E-state index in [1.807, 2.05) is 0 Å². The first-order chi connectivity index (χ1) is 14.9. The molecule has 6 nitrogen and oxygen atoms in total. The number of aliphatic hydroxyl groups excluding tert-OH is 1. The maximum atomic E-state index is 12.5. The zero-order valence-corrected chi connectivity index (χ0v) is 18.2. The molecule has 0 bridgehead atoms. The lowest BCUT2D eigenvalue weighted by atomic mass is 9.68. The van der Waals surface area contributed by atoms with Crippen molar-refractivity contribution in [3.8, 4) is 5.75 Å². The minimum absolute atomic E-state index is 0.319. The Hall–Kier alpha value is -2.81. The quantitative estimate of drug-likeness (QED) is 0.708. The van der Waals surface area contributed by atoms with Gasteiger partial charge in [-0.2, -0.15) is 0 Å². The third kappa shape index (κ3) is 5.70. The van der Waals surface area contributed by atoms with Crippen molar-refractivity contribution in [2.45, 2.75) is 57.1 Å². The maximum absolute atomic E-state index is 12.5. The Bertz CT molecular complexity index is 904. The summed E-state index contributed by atoms with van der Waals surface area (Å²) in [6.45, 7) is 6.00. The van der Waals surface area contributed by atoms with Gasteiger partial charge in [0.2, 0.25) is 0 Å². The van der Waals surface area contributed by atoms with Gasteiger partial charge in [-0.05, 0) is 63.4 Å². The van der Waals surface area contributed by atoms with Crippen LogP contribution in [0.5, 0.6) is 5.75 Å². The topological polar surface area (TPSA) is 71.9 Å². The Morgan fingerprint density at radius 2 is 1.72 bits per heavy atom. The summed E-state index contributed by atoms with van der Waals surface area (Å²) in [6, 6.07) is 10.7. The third-order valence-electron chi connectivity index (χ3n) is 5.46. The molecule has 0 radical (unpaired) electrons. The van der Waals surface area contributed by atoms with Crippen LogP contribution in [0.1, 0.15) is 51.0 Å². The number of amides is 1. The lowest BCUT2D eigenvalue weighted by Gasteiger charge is -2.45. The highest BCUT2D eigenvalue weighted by atomic mass is 19.4. The maximum Gasteiger partial charge on any atom is 0.573 e. The fourth-order valence-corrected chi connectivity index (χ4v) is 3.94. The molecule has 1 aromatic carbocycles. The fourth-order valence-electron chi connectivity index (χ4n) is 3.94. The molecule has 1 N–H and O–H groups in total. The normalized spacial score (nSPS) is 17.5. The highest BCUT2D eigenvalue weighted by molar-refractivity contribution is 5.68. The lowest BCUT2D eigenvalue weighted by molar-refractivity contribution is -0.274. The molecule has 1 aliphatic rings. The number of alkyl halides is 3. The number of benzene rings is 1. The van der Waals surface area contributed by atoms with Crippen molar-refractivity contribution in [3.05, 3.63) is 59.9 Å². The summed E-state index contributed by atoms with van der Waals surface area (Å²) in [5.41, 5.74) is -0.375. The molecule has 174 valence electrons. The molecule has 1 atom stereocenters. The summed E-state index contributed by atoms with van der Waals surface area (Å²) in [4.78, 5) is 18.3. The van der Waals surface area contributed by atoms with E-state index in [0.29, 0.717) is 37.2 Å². The molecule has 32 heavy (non-hydrogen) atoms. The smallest absolute Gasteiger partial charge is 0.444 e. The minimum Gasteiger partial charge on any atom is -0.444 e. The second kappa shape index (κ2) is 8.97. The number of aromatic nitrogens is 1. The zero-order chi connectivity index (χ0) is 23.6. The van der Waals surface area contributed by atoms with Crippen LogP contribution in [0.15, 0.2) is 48.7 Å². The number of piperidine rings is 1. The molecule has 1 amide bonds. The predicted octanol–water partition coefficient (Wildman–Crippen LogP) is 4.98. The van der Waals surface area contributed by atoms with E-state index in [0.717, 1.165) is 0 Å². The van der Waals surface area contributed by atoms with Gasteiger partial charge in [-0.25, -0.2) is 4.79 Å². The molecule has 1 fully saturated rings. The molecule has 0 spiro atoms. The van der Waals surface area contributed by atoms with Crippen LogP contribution in [0.2, 0.25) is 0 Å². The number of rotatable bonds is 4. The minimum atomic E-state index is -4.79. The molecular weight excluding hydrogens is 425 g/mol. The highest BCUT2D eigenvalue weighted by Gasteiger charge is 2.45. The number of nitrogens with zero attached hydrogens (tertiary/aromatic N) is 2. The number of carbonyl (C=O) groups is 1. The lowest BCUT2D eigenvalue weighted by Crippen LogP contribution is -2.49. The van der Waals surface area contributed by atoms with E-state index in [1.165, 1.54) is 24.3 Å². The largest absolute Gasteiger partial charge is 0.573 e. The van der Waals surface area contributed by atoms with Crippen molar-refractivity contribution in [2.24, 2.45) is 0 Å². The number of hydrogen-bond donors (Lipinski definition) is 1. The summed E-state index contributed by atoms with van der Waals surface area (Å²) < 4.78 is 47.0. The molecule has 1 unspecified atom stereocenters. The summed E-state index contributed by atoms with van der Waals surface area (Å²) in [7, 11) is 0. The SMILES string of the molecule is CC(C)(C)OC(=O)N1CCC(c2ccc(OC(F)(F)F)cc2)(C(O)c2ccccn2)CC1. The van der Waals surface area contributed by atoms with E-state index in [-0.39, 0.29) is 5.75 Å². The van der Waals surface area contributed by atoms with Crippen LogP contribution in [0.3, 0.4) is 0 Å².